The summed E-state index contributed by atoms with van der Waals surface area (Å²) in [6, 6.07) is 22.0. The number of amides is 2. The summed E-state index contributed by atoms with van der Waals surface area (Å²) in [5, 5.41) is 2.59. The van der Waals surface area contributed by atoms with Crippen LogP contribution in [0.4, 0.5) is 14.5 Å². The number of anilines is 1. The Hall–Kier alpha value is -4.97. The number of carbonyl (C=O) groups is 2. The third-order valence-electron chi connectivity index (χ3n) is 7.12. The third kappa shape index (κ3) is 7.95. The molecule has 0 bridgehead atoms. The molecular weight excluding hydrogens is 604 g/mol. The van der Waals surface area contributed by atoms with Crippen LogP contribution >= 0.6 is 0 Å². The van der Waals surface area contributed by atoms with Gasteiger partial charge in [0.2, 0.25) is 11.8 Å². The Kier molecular flexibility index (Phi) is 10.7. The predicted molar refractivity (Wildman–Crippen MR) is 165 cm³/mol. The van der Waals surface area contributed by atoms with E-state index in [0.29, 0.717) is 11.3 Å². The molecule has 0 spiro atoms. The number of sulfonamides is 1. The second-order valence-corrected chi connectivity index (χ2v) is 11.8. The zero-order chi connectivity index (χ0) is 32.6. The van der Waals surface area contributed by atoms with Crippen LogP contribution in [0, 0.1) is 11.6 Å². The summed E-state index contributed by atoms with van der Waals surface area (Å²) >= 11 is 0. The molecule has 4 aromatic carbocycles. The minimum absolute atomic E-state index is 0.0146. The number of hydrogen-bond acceptors (Lipinski definition) is 6. The molecule has 0 saturated carbocycles. The van der Waals surface area contributed by atoms with Crippen LogP contribution in [-0.4, -0.2) is 59.0 Å². The molecule has 0 radical (unpaired) electrons. The molecule has 4 rings (SSSR count). The number of nitrogens with zero attached hydrogens (tertiary/aromatic N) is 2. The fraction of sp³-hybridized carbons (Fsp3) is 0.212. The van der Waals surface area contributed by atoms with Gasteiger partial charge in [-0.25, -0.2) is 17.2 Å². The molecule has 236 valence electrons. The van der Waals surface area contributed by atoms with Gasteiger partial charge in [0.25, 0.3) is 10.0 Å². The van der Waals surface area contributed by atoms with Crippen LogP contribution in [0.15, 0.2) is 102 Å². The monoisotopic (exact) mass is 637 g/mol. The van der Waals surface area contributed by atoms with Crippen LogP contribution in [0.1, 0.15) is 11.1 Å². The lowest BCUT2D eigenvalue weighted by Crippen LogP contribution is -2.53. The van der Waals surface area contributed by atoms with E-state index in [2.05, 4.69) is 5.32 Å². The first-order valence-electron chi connectivity index (χ1n) is 13.9. The van der Waals surface area contributed by atoms with E-state index in [1.165, 1.54) is 80.8 Å². The molecule has 4 aromatic rings. The van der Waals surface area contributed by atoms with Crippen molar-refractivity contribution in [1.82, 2.24) is 10.2 Å². The molecule has 0 aliphatic rings. The highest BCUT2D eigenvalue weighted by atomic mass is 32.2. The third-order valence-corrected chi connectivity index (χ3v) is 8.89. The second kappa shape index (κ2) is 14.7. The SMILES string of the molecule is CNC(=O)C(Cc1ccccc1)N(Cc1ccc(F)cc1)C(=O)CN(c1ccc(F)cc1)S(=O)(=O)c1ccc(OC)c(OC)c1. The van der Waals surface area contributed by atoms with Crippen molar-refractivity contribution in [3.05, 3.63) is 120 Å². The van der Waals surface area contributed by atoms with Crippen LogP contribution in [0.2, 0.25) is 0 Å². The quantitative estimate of drug-likeness (QED) is 0.231. The van der Waals surface area contributed by atoms with E-state index < -0.39 is 46.1 Å². The fourth-order valence-electron chi connectivity index (χ4n) is 4.75. The van der Waals surface area contributed by atoms with Crippen molar-refractivity contribution in [3.8, 4) is 11.5 Å². The summed E-state index contributed by atoms with van der Waals surface area (Å²) < 4.78 is 67.3. The first-order chi connectivity index (χ1) is 21.6. The molecule has 0 saturated heterocycles. The Morgan fingerprint density at radius 2 is 1.40 bits per heavy atom. The number of nitrogens with one attached hydrogen (secondary N) is 1. The number of halogens is 2. The van der Waals surface area contributed by atoms with Crippen molar-refractivity contribution >= 4 is 27.5 Å². The first kappa shape index (κ1) is 32.9. The number of carbonyl (C=O) groups excluding carboxylic acids is 2. The Bertz CT molecular complexity index is 1720. The van der Waals surface area contributed by atoms with E-state index in [1.807, 2.05) is 18.2 Å². The lowest BCUT2D eigenvalue weighted by Gasteiger charge is -2.33. The van der Waals surface area contributed by atoms with Gasteiger partial charge >= 0.3 is 0 Å². The molecule has 0 fully saturated rings. The molecule has 0 heterocycles. The zero-order valence-electron chi connectivity index (χ0n) is 24.9. The number of hydrogen-bond donors (Lipinski definition) is 1. The van der Waals surface area contributed by atoms with Crippen LogP contribution < -0.4 is 19.1 Å². The standard InChI is InChI=1S/C33H33F2N3O6S/c1-36-33(40)29(19-23-7-5-4-6-8-23)37(21-24-9-11-25(34)12-10-24)32(39)22-38(27-15-13-26(35)14-16-27)45(41,42)28-17-18-30(43-2)31(20-28)44-3/h4-18,20,29H,19,21-22H2,1-3H3,(H,36,40). The van der Waals surface area contributed by atoms with E-state index in [0.717, 1.165) is 22.0 Å². The van der Waals surface area contributed by atoms with E-state index in [4.69, 9.17) is 9.47 Å². The van der Waals surface area contributed by atoms with Gasteiger partial charge < -0.3 is 19.7 Å². The van der Waals surface area contributed by atoms with Gasteiger partial charge in [-0.2, -0.15) is 0 Å². The van der Waals surface area contributed by atoms with Crippen LogP contribution in [-0.2, 0) is 32.6 Å². The van der Waals surface area contributed by atoms with Crippen LogP contribution in [0.3, 0.4) is 0 Å². The molecule has 1 N–H and O–H groups in total. The molecule has 9 nitrogen and oxygen atoms in total. The average molecular weight is 638 g/mol. The number of likely N-dealkylation sites (N-methyl/N-ethyl adjacent to an activating group) is 1. The smallest absolute Gasteiger partial charge is 0.264 e. The Morgan fingerprint density at radius 3 is 1.98 bits per heavy atom. The molecule has 0 aromatic heterocycles. The molecule has 0 aliphatic carbocycles. The molecular formula is C33H33F2N3O6S. The van der Waals surface area contributed by atoms with Gasteiger partial charge in [-0.15, -0.1) is 0 Å². The van der Waals surface area contributed by atoms with Crippen molar-refractivity contribution in [2.24, 2.45) is 0 Å². The zero-order valence-corrected chi connectivity index (χ0v) is 25.8. The minimum Gasteiger partial charge on any atom is -0.493 e. The second-order valence-electron chi connectivity index (χ2n) is 9.97. The molecule has 0 aliphatic heterocycles. The maximum atomic E-state index is 14.3. The Labute approximate surface area is 261 Å². The van der Waals surface area contributed by atoms with Gasteiger partial charge in [0, 0.05) is 26.1 Å². The highest BCUT2D eigenvalue weighted by Gasteiger charge is 2.34. The van der Waals surface area contributed by atoms with Gasteiger partial charge in [-0.05, 0) is 59.7 Å². The molecule has 12 heteroatoms. The van der Waals surface area contributed by atoms with Gasteiger partial charge in [0.1, 0.15) is 24.2 Å². The predicted octanol–water partition coefficient (Wildman–Crippen LogP) is 4.56. The maximum Gasteiger partial charge on any atom is 0.264 e. The average Bonchev–Trinajstić information content (AvgIpc) is 3.06. The number of benzene rings is 4. The van der Waals surface area contributed by atoms with Gasteiger partial charge in [0.05, 0.1) is 24.8 Å². The van der Waals surface area contributed by atoms with Gasteiger partial charge in [0.15, 0.2) is 11.5 Å². The Balaban J connectivity index is 1.80. The maximum absolute atomic E-state index is 14.3. The molecule has 2 amide bonds. The molecule has 1 atom stereocenters. The lowest BCUT2D eigenvalue weighted by molar-refractivity contribution is -0.139. The van der Waals surface area contributed by atoms with E-state index in [1.54, 1.807) is 12.1 Å². The highest BCUT2D eigenvalue weighted by Crippen LogP contribution is 2.32. The summed E-state index contributed by atoms with van der Waals surface area (Å²) in [7, 11) is -0.265. The largest absolute Gasteiger partial charge is 0.493 e. The van der Waals surface area contributed by atoms with E-state index >= 15 is 0 Å². The summed E-state index contributed by atoms with van der Waals surface area (Å²) in [6.45, 7) is -0.872. The van der Waals surface area contributed by atoms with Gasteiger partial charge in [-0.1, -0.05) is 42.5 Å². The topological polar surface area (TPSA) is 105 Å². The molecule has 1 unspecified atom stereocenters. The van der Waals surface area contributed by atoms with Crippen molar-refractivity contribution in [3.63, 3.8) is 0 Å². The lowest BCUT2D eigenvalue weighted by atomic mass is 10.0. The summed E-state index contributed by atoms with van der Waals surface area (Å²) in [4.78, 5) is 28.6. The van der Waals surface area contributed by atoms with E-state index in [9.17, 15) is 26.8 Å². The van der Waals surface area contributed by atoms with Gasteiger partial charge in [-0.3, -0.25) is 13.9 Å². The highest BCUT2D eigenvalue weighted by molar-refractivity contribution is 7.92. The van der Waals surface area contributed by atoms with E-state index in [-0.39, 0.29) is 29.3 Å². The first-order valence-corrected chi connectivity index (χ1v) is 15.3. The molecule has 45 heavy (non-hydrogen) atoms. The Morgan fingerprint density at radius 1 is 0.800 bits per heavy atom. The van der Waals surface area contributed by atoms with Crippen molar-refractivity contribution in [2.75, 3.05) is 32.1 Å². The van der Waals surface area contributed by atoms with Crippen LogP contribution in [0.5, 0.6) is 11.5 Å². The fourth-order valence-corrected chi connectivity index (χ4v) is 6.18. The van der Waals surface area contributed by atoms with Crippen molar-refractivity contribution < 1.29 is 36.3 Å². The number of methoxy groups -OCH3 is 2. The summed E-state index contributed by atoms with van der Waals surface area (Å²) in [5.74, 6) is -1.85. The summed E-state index contributed by atoms with van der Waals surface area (Å²) in [5.41, 5.74) is 1.29. The number of ether oxygens (including phenoxy) is 2. The summed E-state index contributed by atoms with van der Waals surface area (Å²) in [6.07, 6.45) is 0.117. The van der Waals surface area contributed by atoms with Crippen molar-refractivity contribution in [2.45, 2.75) is 23.9 Å². The minimum atomic E-state index is -4.46. The van der Waals surface area contributed by atoms with Crippen molar-refractivity contribution in [1.29, 1.82) is 0 Å². The number of rotatable bonds is 13. The normalized spacial score (nSPS) is 11.8. The van der Waals surface area contributed by atoms with Crippen LogP contribution in [0.25, 0.3) is 0 Å².